The van der Waals surface area contributed by atoms with Crippen molar-refractivity contribution in [3.63, 3.8) is 0 Å². The van der Waals surface area contributed by atoms with E-state index in [4.69, 9.17) is 0 Å². The molecule has 3 heteroatoms. The van der Waals surface area contributed by atoms with Gasteiger partial charge in [0.2, 0.25) is 0 Å². The molecule has 0 bridgehead atoms. The third-order valence-electron chi connectivity index (χ3n) is 2.35. The molecule has 2 rings (SSSR count). The third-order valence-corrected chi connectivity index (χ3v) is 2.35. The van der Waals surface area contributed by atoms with Crippen molar-refractivity contribution in [2.24, 2.45) is 0 Å². The molecule has 0 atom stereocenters. The van der Waals surface area contributed by atoms with Gasteiger partial charge in [-0.15, -0.1) is 0 Å². The summed E-state index contributed by atoms with van der Waals surface area (Å²) in [6, 6.07) is 12.7. The third kappa shape index (κ3) is 2.25. The van der Waals surface area contributed by atoms with Gasteiger partial charge in [-0.1, -0.05) is 30.3 Å². The molecule has 0 unspecified atom stereocenters. The first-order valence-corrected chi connectivity index (χ1v) is 4.99. The van der Waals surface area contributed by atoms with Crippen LogP contribution in [0.25, 0.3) is 0 Å². The van der Waals surface area contributed by atoms with Crippen LogP contribution in [0.2, 0.25) is 0 Å². The second-order valence-corrected chi connectivity index (χ2v) is 3.53. The van der Waals surface area contributed by atoms with E-state index in [1.54, 1.807) is 16.8 Å². The van der Waals surface area contributed by atoms with E-state index < -0.39 is 0 Å². The lowest BCUT2D eigenvalue weighted by molar-refractivity contribution is 0.112. The molecule has 2 aromatic rings. The fourth-order valence-electron chi connectivity index (χ4n) is 1.51. The zero-order chi connectivity index (χ0) is 11.4. The van der Waals surface area contributed by atoms with Gasteiger partial charge in [-0.3, -0.25) is 9.59 Å². The standard InChI is InChI=1S/C13H11NO2/c15-10-12-6-7-14(13(16)8-12)9-11-4-2-1-3-5-11/h1-8,10H,9H2. The maximum atomic E-state index is 11.6. The van der Waals surface area contributed by atoms with Crippen LogP contribution in [0.5, 0.6) is 0 Å². The van der Waals surface area contributed by atoms with E-state index in [0.29, 0.717) is 18.4 Å². The van der Waals surface area contributed by atoms with Crippen molar-refractivity contribution in [1.29, 1.82) is 0 Å². The van der Waals surface area contributed by atoms with E-state index in [0.717, 1.165) is 5.56 Å². The van der Waals surface area contributed by atoms with Crippen molar-refractivity contribution >= 4 is 6.29 Å². The van der Waals surface area contributed by atoms with E-state index in [-0.39, 0.29) is 5.56 Å². The maximum absolute atomic E-state index is 11.6. The Hall–Kier alpha value is -2.16. The second-order valence-electron chi connectivity index (χ2n) is 3.53. The van der Waals surface area contributed by atoms with E-state index in [1.807, 2.05) is 30.3 Å². The molecule has 0 N–H and O–H groups in total. The van der Waals surface area contributed by atoms with Crippen LogP contribution in [0.4, 0.5) is 0 Å². The number of rotatable bonds is 3. The van der Waals surface area contributed by atoms with E-state index in [1.165, 1.54) is 6.07 Å². The highest BCUT2D eigenvalue weighted by Gasteiger charge is 1.98. The van der Waals surface area contributed by atoms with Crippen molar-refractivity contribution in [3.05, 3.63) is 70.1 Å². The number of aromatic nitrogens is 1. The smallest absolute Gasteiger partial charge is 0.251 e. The average molecular weight is 213 g/mol. The Labute approximate surface area is 93.0 Å². The Morgan fingerprint density at radius 2 is 1.88 bits per heavy atom. The quantitative estimate of drug-likeness (QED) is 0.728. The number of carbonyl (C=O) groups is 1. The molecule has 0 aliphatic rings. The highest BCUT2D eigenvalue weighted by molar-refractivity contribution is 5.74. The van der Waals surface area contributed by atoms with Crippen LogP contribution in [0.1, 0.15) is 15.9 Å². The molecule has 0 amide bonds. The predicted octanol–water partition coefficient (Wildman–Crippen LogP) is 1.71. The first-order valence-electron chi connectivity index (χ1n) is 4.99. The summed E-state index contributed by atoms with van der Waals surface area (Å²) in [7, 11) is 0. The van der Waals surface area contributed by atoms with Gasteiger partial charge in [-0.05, 0) is 11.6 Å². The van der Waals surface area contributed by atoms with Crippen LogP contribution in [0.3, 0.4) is 0 Å². The highest BCUT2D eigenvalue weighted by Crippen LogP contribution is 2.00. The van der Waals surface area contributed by atoms with Crippen LogP contribution < -0.4 is 5.56 Å². The number of carbonyl (C=O) groups excluding carboxylic acids is 1. The Balaban J connectivity index is 2.29. The van der Waals surface area contributed by atoms with Gasteiger partial charge in [0.05, 0.1) is 6.54 Å². The Kier molecular flexibility index (Phi) is 2.96. The number of aldehydes is 1. The van der Waals surface area contributed by atoms with Gasteiger partial charge in [0.25, 0.3) is 5.56 Å². The second kappa shape index (κ2) is 4.57. The molecule has 0 aliphatic heterocycles. The molecule has 0 radical (unpaired) electrons. The minimum atomic E-state index is -0.159. The fraction of sp³-hybridized carbons (Fsp3) is 0.0769. The van der Waals surface area contributed by atoms with Crippen molar-refractivity contribution in [1.82, 2.24) is 4.57 Å². The van der Waals surface area contributed by atoms with Gasteiger partial charge in [-0.2, -0.15) is 0 Å². The minimum Gasteiger partial charge on any atom is -0.311 e. The van der Waals surface area contributed by atoms with Gasteiger partial charge >= 0.3 is 0 Å². The van der Waals surface area contributed by atoms with Crippen molar-refractivity contribution in [2.75, 3.05) is 0 Å². The molecule has 0 aliphatic carbocycles. The Morgan fingerprint density at radius 1 is 1.12 bits per heavy atom. The van der Waals surface area contributed by atoms with Crippen LogP contribution in [-0.4, -0.2) is 10.9 Å². The molecule has 1 aromatic heterocycles. The van der Waals surface area contributed by atoms with Gasteiger partial charge in [0.1, 0.15) is 6.29 Å². The summed E-state index contributed by atoms with van der Waals surface area (Å²) >= 11 is 0. The molecule has 0 saturated heterocycles. The maximum Gasteiger partial charge on any atom is 0.251 e. The first kappa shape index (κ1) is 10.4. The summed E-state index contributed by atoms with van der Waals surface area (Å²) in [5, 5.41) is 0. The van der Waals surface area contributed by atoms with Gasteiger partial charge < -0.3 is 4.57 Å². The van der Waals surface area contributed by atoms with Crippen LogP contribution in [0.15, 0.2) is 53.5 Å². The van der Waals surface area contributed by atoms with E-state index >= 15 is 0 Å². The molecule has 80 valence electrons. The molecule has 16 heavy (non-hydrogen) atoms. The molecular weight excluding hydrogens is 202 g/mol. The number of hydrogen-bond acceptors (Lipinski definition) is 2. The van der Waals surface area contributed by atoms with Crippen LogP contribution >= 0.6 is 0 Å². The van der Waals surface area contributed by atoms with E-state index in [2.05, 4.69) is 0 Å². The Morgan fingerprint density at radius 3 is 2.50 bits per heavy atom. The molecule has 0 fully saturated rings. The number of nitrogens with zero attached hydrogens (tertiary/aromatic N) is 1. The van der Waals surface area contributed by atoms with Crippen molar-refractivity contribution < 1.29 is 4.79 Å². The summed E-state index contributed by atoms with van der Waals surface area (Å²) < 4.78 is 1.57. The van der Waals surface area contributed by atoms with Crippen molar-refractivity contribution in [3.8, 4) is 0 Å². The number of pyridine rings is 1. The molecule has 3 nitrogen and oxygen atoms in total. The summed E-state index contributed by atoms with van der Waals surface area (Å²) in [5.41, 5.74) is 1.31. The highest BCUT2D eigenvalue weighted by atomic mass is 16.1. The summed E-state index contributed by atoms with van der Waals surface area (Å²) in [6.07, 6.45) is 2.31. The van der Waals surface area contributed by atoms with Crippen molar-refractivity contribution in [2.45, 2.75) is 6.54 Å². The van der Waals surface area contributed by atoms with E-state index in [9.17, 15) is 9.59 Å². The lowest BCUT2D eigenvalue weighted by Crippen LogP contribution is -2.19. The summed E-state index contributed by atoms with van der Waals surface area (Å²) in [4.78, 5) is 22.1. The zero-order valence-corrected chi connectivity index (χ0v) is 8.67. The molecule has 0 spiro atoms. The summed E-state index contributed by atoms with van der Waals surface area (Å²) in [6.45, 7) is 0.527. The lowest BCUT2D eigenvalue weighted by Gasteiger charge is -2.05. The Bertz CT molecular complexity index is 543. The zero-order valence-electron chi connectivity index (χ0n) is 8.67. The molecule has 1 heterocycles. The number of hydrogen-bond donors (Lipinski definition) is 0. The summed E-state index contributed by atoms with van der Waals surface area (Å²) in [5.74, 6) is 0. The monoisotopic (exact) mass is 213 g/mol. The van der Waals surface area contributed by atoms with Crippen LogP contribution in [0, 0.1) is 0 Å². The van der Waals surface area contributed by atoms with Gasteiger partial charge in [0, 0.05) is 17.8 Å². The first-order chi connectivity index (χ1) is 7.79. The minimum absolute atomic E-state index is 0.159. The largest absolute Gasteiger partial charge is 0.311 e. The predicted molar refractivity (Wildman–Crippen MR) is 61.6 cm³/mol. The normalized spacial score (nSPS) is 10.0. The fourth-order valence-corrected chi connectivity index (χ4v) is 1.51. The SMILES string of the molecule is O=Cc1ccn(Cc2ccccc2)c(=O)c1. The molecular formula is C13H11NO2. The molecule has 0 saturated carbocycles. The molecule has 1 aromatic carbocycles. The van der Waals surface area contributed by atoms with Gasteiger partial charge in [-0.25, -0.2) is 0 Å². The van der Waals surface area contributed by atoms with Crippen LogP contribution in [-0.2, 0) is 6.54 Å². The van der Waals surface area contributed by atoms with Gasteiger partial charge in [0.15, 0.2) is 0 Å². The number of benzene rings is 1. The lowest BCUT2D eigenvalue weighted by atomic mass is 10.2. The average Bonchev–Trinajstić information content (AvgIpc) is 2.33. The topological polar surface area (TPSA) is 39.1 Å².